The van der Waals surface area contributed by atoms with Gasteiger partial charge in [0.15, 0.2) is 5.96 Å². The van der Waals surface area contributed by atoms with Gasteiger partial charge in [0, 0.05) is 57.6 Å². The van der Waals surface area contributed by atoms with E-state index in [0.29, 0.717) is 24.4 Å². The molecule has 1 saturated heterocycles. The molecule has 2 aromatic rings. The van der Waals surface area contributed by atoms with E-state index in [2.05, 4.69) is 49.7 Å². The van der Waals surface area contributed by atoms with E-state index >= 15 is 0 Å². The average molecular weight is 396 g/mol. The van der Waals surface area contributed by atoms with Crippen LogP contribution in [0.5, 0.6) is 5.75 Å². The summed E-state index contributed by atoms with van der Waals surface area (Å²) in [5, 5.41) is 6.26. The van der Waals surface area contributed by atoms with Gasteiger partial charge in [-0.15, -0.1) is 0 Å². The Morgan fingerprint density at radius 2 is 1.72 bits per heavy atom. The van der Waals surface area contributed by atoms with Crippen LogP contribution >= 0.6 is 0 Å². The molecule has 29 heavy (non-hydrogen) atoms. The number of carbonyl (C=O) groups is 1. The highest BCUT2D eigenvalue weighted by molar-refractivity contribution is 5.94. The van der Waals surface area contributed by atoms with Gasteiger partial charge in [0.1, 0.15) is 5.75 Å². The maximum absolute atomic E-state index is 12.3. The first-order chi connectivity index (χ1) is 14.2. The second kappa shape index (κ2) is 10.4. The van der Waals surface area contributed by atoms with E-state index in [4.69, 9.17) is 4.74 Å². The van der Waals surface area contributed by atoms with Gasteiger partial charge in [0.2, 0.25) is 0 Å². The molecule has 0 bridgehead atoms. The molecular weight excluding hydrogens is 366 g/mol. The number of anilines is 1. The molecule has 0 spiro atoms. The van der Waals surface area contributed by atoms with Crippen LogP contribution in [0.2, 0.25) is 0 Å². The van der Waals surface area contributed by atoms with Gasteiger partial charge in [-0.1, -0.05) is 24.3 Å². The Morgan fingerprint density at radius 1 is 1.00 bits per heavy atom. The van der Waals surface area contributed by atoms with Crippen molar-refractivity contribution in [2.24, 2.45) is 4.99 Å². The zero-order valence-corrected chi connectivity index (χ0v) is 17.1. The lowest BCUT2D eigenvalue weighted by atomic mass is 10.2. The van der Waals surface area contributed by atoms with Crippen LogP contribution in [-0.2, 0) is 0 Å². The fourth-order valence-corrected chi connectivity index (χ4v) is 3.36. The Balaban J connectivity index is 1.41. The molecule has 0 radical (unpaired) electrons. The molecule has 3 rings (SSSR count). The molecule has 1 aliphatic heterocycles. The van der Waals surface area contributed by atoms with Crippen molar-refractivity contribution >= 4 is 17.6 Å². The summed E-state index contributed by atoms with van der Waals surface area (Å²) in [6, 6.07) is 17.6. The lowest BCUT2D eigenvalue weighted by Gasteiger charge is -2.37. The highest BCUT2D eigenvalue weighted by atomic mass is 16.5. The molecule has 2 aromatic carbocycles. The zero-order chi connectivity index (χ0) is 20.5. The van der Waals surface area contributed by atoms with Gasteiger partial charge in [-0.2, -0.15) is 0 Å². The summed E-state index contributed by atoms with van der Waals surface area (Å²) in [5.41, 5.74) is 1.85. The summed E-state index contributed by atoms with van der Waals surface area (Å²) < 4.78 is 5.16. The number of aliphatic imine (C=N–C) groups is 1. The number of methoxy groups -OCH3 is 1. The Morgan fingerprint density at radius 3 is 2.41 bits per heavy atom. The van der Waals surface area contributed by atoms with Crippen molar-refractivity contribution in [3.63, 3.8) is 0 Å². The normalized spacial score (nSPS) is 14.5. The molecule has 0 saturated carbocycles. The van der Waals surface area contributed by atoms with Crippen LogP contribution in [0, 0.1) is 0 Å². The predicted molar refractivity (Wildman–Crippen MR) is 117 cm³/mol. The number of nitrogens with one attached hydrogen (secondary N) is 2. The SMILES string of the molecule is CN=C(NCCNC(=O)c1cccc(OC)c1)N1CCN(c2ccccc2)CC1. The molecule has 1 aliphatic rings. The monoisotopic (exact) mass is 395 g/mol. The van der Waals surface area contributed by atoms with Crippen molar-refractivity contribution in [2.75, 3.05) is 58.3 Å². The smallest absolute Gasteiger partial charge is 0.251 e. The summed E-state index contributed by atoms with van der Waals surface area (Å²) in [5.74, 6) is 1.43. The number of carbonyl (C=O) groups excluding carboxylic acids is 1. The second-order valence-corrected chi connectivity index (χ2v) is 6.77. The number of hydrogen-bond donors (Lipinski definition) is 2. The van der Waals surface area contributed by atoms with E-state index in [0.717, 1.165) is 32.1 Å². The minimum absolute atomic E-state index is 0.114. The Kier molecular flexibility index (Phi) is 7.33. The fourth-order valence-electron chi connectivity index (χ4n) is 3.36. The van der Waals surface area contributed by atoms with Crippen LogP contribution in [0.1, 0.15) is 10.4 Å². The minimum Gasteiger partial charge on any atom is -0.497 e. The first kappa shape index (κ1) is 20.5. The zero-order valence-electron chi connectivity index (χ0n) is 17.1. The summed E-state index contributed by atoms with van der Waals surface area (Å²) >= 11 is 0. The van der Waals surface area contributed by atoms with Gasteiger partial charge < -0.3 is 25.2 Å². The van der Waals surface area contributed by atoms with Crippen LogP contribution in [0.25, 0.3) is 0 Å². The predicted octanol–water partition coefficient (Wildman–Crippen LogP) is 1.82. The van der Waals surface area contributed by atoms with Gasteiger partial charge in [-0.05, 0) is 30.3 Å². The van der Waals surface area contributed by atoms with Crippen LogP contribution in [0.3, 0.4) is 0 Å². The van der Waals surface area contributed by atoms with Gasteiger partial charge in [-0.25, -0.2) is 0 Å². The molecule has 1 heterocycles. The lowest BCUT2D eigenvalue weighted by Crippen LogP contribution is -2.53. The molecule has 0 unspecified atom stereocenters. The quantitative estimate of drug-likeness (QED) is 0.444. The van der Waals surface area contributed by atoms with Crippen LogP contribution in [0.15, 0.2) is 59.6 Å². The maximum Gasteiger partial charge on any atom is 0.251 e. The number of hydrogen-bond acceptors (Lipinski definition) is 4. The minimum atomic E-state index is -0.114. The van der Waals surface area contributed by atoms with Crippen LogP contribution in [-0.4, -0.2) is 70.2 Å². The van der Waals surface area contributed by atoms with Crippen LogP contribution < -0.4 is 20.3 Å². The summed E-state index contributed by atoms with van der Waals surface area (Å²) in [6.07, 6.45) is 0. The third-order valence-corrected chi connectivity index (χ3v) is 4.94. The van der Waals surface area contributed by atoms with Crippen molar-refractivity contribution in [3.8, 4) is 5.75 Å². The van der Waals surface area contributed by atoms with Crippen LogP contribution in [0.4, 0.5) is 5.69 Å². The number of rotatable bonds is 6. The molecule has 0 aromatic heterocycles. The Labute approximate surface area is 172 Å². The average Bonchev–Trinajstić information content (AvgIpc) is 2.80. The topological polar surface area (TPSA) is 69.2 Å². The molecule has 7 heteroatoms. The first-order valence-electron chi connectivity index (χ1n) is 9.89. The summed E-state index contributed by atoms with van der Waals surface area (Å²) in [7, 11) is 3.38. The van der Waals surface area contributed by atoms with Crippen molar-refractivity contribution in [3.05, 3.63) is 60.2 Å². The third-order valence-electron chi connectivity index (χ3n) is 4.94. The number of guanidine groups is 1. The van der Waals surface area contributed by atoms with Crippen molar-refractivity contribution in [1.82, 2.24) is 15.5 Å². The summed E-state index contributed by atoms with van der Waals surface area (Å²) in [6.45, 7) is 4.85. The number of benzene rings is 2. The molecule has 0 atom stereocenters. The Hall–Kier alpha value is -3.22. The standard InChI is InChI=1S/C22H29N5O2/c1-23-22(27-15-13-26(14-16-27)19-8-4-3-5-9-19)25-12-11-24-21(28)18-7-6-10-20(17-18)29-2/h3-10,17H,11-16H2,1-2H3,(H,23,25)(H,24,28). The van der Waals surface area contributed by atoms with Gasteiger partial charge in [-0.3, -0.25) is 9.79 Å². The number of ether oxygens (including phenoxy) is 1. The number of nitrogens with zero attached hydrogens (tertiary/aromatic N) is 3. The molecular formula is C22H29N5O2. The first-order valence-corrected chi connectivity index (χ1v) is 9.89. The number of amides is 1. The van der Waals surface area contributed by atoms with Crippen molar-refractivity contribution in [2.45, 2.75) is 0 Å². The third kappa shape index (κ3) is 5.63. The molecule has 154 valence electrons. The largest absolute Gasteiger partial charge is 0.497 e. The lowest BCUT2D eigenvalue weighted by molar-refractivity contribution is 0.0954. The number of piperazine rings is 1. The highest BCUT2D eigenvalue weighted by Crippen LogP contribution is 2.15. The second-order valence-electron chi connectivity index (χ2n) is 6.77. The van der Waals surface area contributed by atoms with Crippen molar-refractivity contribution < 1.29 is 9.53 Å². The highest BCUT2D eigenvalue weighted by Gasteiger charge is 2.19. The molecule has 0 aliphatic carbocycles. The molecule has 7 nitrogen and oxygen atoms in total. The van der Waals surface area contributed by atoms with Gasteiger partial charge in [0.25, 0.3) is 5.91 Å². The van der Waals surface area contributed by atoms with E-state index in [1.165, 1.54) is 5.69 Å². The van der Waals surface area contributed by atoms with E-state index in [1.54, 1.807) is 26.3 Å². The number of para-hydroxylation sites is 1. The molecule has 1 fully saturated rings. The summed E-state index contributed by atoms with van der Waals surface area (Å²) in [4.78, 5) is 21.3. The van der Waals surface area contributed by atoms with E-state index in [9.17, 15) is 4.79 Å². The maximum atomic E-state index is 12.3. The van der Waals surface area contributed by atoms with E-state index in [1.807, 2.05) is 18.2 Å². The van der Waals surface area contributed by atoms with Gasteiger partial charge in [0.05, 0.1) is 7.11 Å². The Bertz CT molecular complexity index is 817. The van der Waals surface area contributed by atoms with E-state index < -0.39 is 0 Å². The molecule has 2 N–H and O–H groups in total. The fraction of sp³-hybridized carbons (Fsp3) is 0.364. The molecule has 1 amide bonds. The van der Waals surface area contributed by atoms with Gasteiger partial charge >= 0.3 is 0 Å². The van der Waals surface area contributed by atoms with Crippen molar-refractivity contribution in [1.29, 1.82) is 0 Å². The van der Waals surface area contributed by atoms with E-state index in [-0.39, 0.29) is 5.91 Å².